The monoisotopic (exact) mass is 399 g/mol. The molecule has 0 aromatic heterocycles. The number of rotatable bonds is 8. The van der Waals surface area contributed by atoms with Crippen LogP contribution in [0.4, 0.5) is 0 Å². The average molecular weight is 400 g/mol. The number of hydrogen-bond acceptors (Lipinski definition) is 4. The quantitative estimate of drug-likeness (QED) is 0.667. The Morgan fingerprint density at radius 1 is 1.35 bits per heavy atom. The Kier molecular flexibility index (Phi) is 7.66. The lowest BCUT2D eigenvalue weighted by molar-refractivity contribution is -0.130. The smallest absolute Gasteiger partial charge is 0.261 e. The van der Waals surface area contributed by atoms with Crippen LogP contribution >= 0.6 is 23.2 Å². The third kappa shape index (κ3) is 5.32. The first kappa shape index (κ1) is 20.5. The molecule has 142 valence electrons. The zero-order chi connectivity index (χ0) is 19.1. The zero-order valence-corrected chi connectivity index (χ0v) is 16.6. The number of carbonyl (C=O) groups is 1. The largest absolute Gasteiger partial charge is 0.497 e. The highest BCUT2D eigenvalue weighted by Crippen LogP contribution is 2.28. The van der Waals surface area contributed by atoms with Crippen molar-refractivity contribution in [3.05, 3.63) is 46.7 Å². The van der Waals surface area contributed by atoms with Gasteiger partial charge in [-0.05, 0) is 30.7 Å². The molecule has 0 aliphatic heterocycles. The van der Waals surface area contributed by atoms with Crippen LogP contribution in [-0.4, -0.2) is 31.6 Å². The molecular formula is C19H23Cl2NO4. The van der Waals surface area contributed by atoms with Gasteiger partial charge in [0, 0.05) is 18.5 Å². The van der Waals surface area contributed by atoms with Crippen LogP contribution in [0.25, 0.3) is 0 Å². The van der Waals surface area contributed by atoms with Crippen LogP contribution in [0.3, 0.4) is 0 Å². The summed E-state index contributed by atoms with van der Waals surface area (Å²) in [6, 6.07) is 5.43. The molecule has 0 radical (unpaired) electrons. The van der Waals surface area contributed by atoms with Crippen molar-refractivity contribution in [1.29, 1.82) is 0 Å². The third-order valence-electron chi connectivity index (χ3n) is 3.97. The number of hydrogen-bond donors (Lipinski definition) is 1. The summed E-state index contributed by atoms with van der Waals surface area (Å²) in [5, 5.41) is 3.25. The first-order chi connectivity index (χ1) is 12.5. The second-order valence-electron chi connectivity index (χ2n) is 5.76. The van der Waals surface area contributed by atoms with Crippen molar-refractivity contribution < 1.29 is 19.0 Å². The van der Waals surface area contributed by atoms with Gasteiger partial charge in [-0.3, -0.25) is 4.79 Å². The molecule has 2 unspecified atom stereocenters. The fourth-order valence-corrected chi connectivity index (χ4v) is 3.10. The number of carbonyl (C=O) groups excluding carboxylic acids is 1. The number of amides is 1. The Morgan fingerprint density at radius 2 is 2.12 bits per heavy atom. The van der Waals surface area contributed by atoms with Crippen LogP contribution in [0.1, 0.15) is 25.3 Å². The van der Waals surface area contributed by atoms with Crippen LogP contribution in [0.5, 0.6) is 11.5 Å². The van der Waals surface area contributed by atoms with Gasteiger partial charge in [0.05, 0.1) is 24.6 Å². The molecule has 2 rings (SSSR count). The van der Waals surface area contributed by atoms with Gasteiger partial charge in [-0.25, -0.2) is 0 Å². The van der Waals surface area contributed by atoms with Crippen LogP contribution in [-0.2, 0) is 16.1 Å². The van der Waals surface area contributed by atoms with E-state index in [9.17, 15) is 4.79 Å². The normalized spacial score (nSPS) is 17.7. The van der Waals surface area contributed by atoms with E-state index in [-0.39, 0.29) is 11.3 Å². The SMILES string of the molecule is CCC(OC1=C(Cl)CC(Cl)C=C1)C(=O)NCc1cc(OC)ccc1OC. The Bertz CT molecular complexity index is 703. The summed E-state index contributed by atoms with van der Waals surface area (Å²) in [5.41, 5.74) is 0.815. The minimum absolute atomic E-state index is 0.149. The van der Waals surface area contributed by atoms with Gasteiger partial charge in [0.15, 0.2) is 6.10 Å². The maximum atomic E-state index is 12.5. The molecule has 1 aliphatic rings. The number of nitrogens with one attached hydrogen (secondary N) is 1. The van der Waals surface area contributed by atoms with Gasteiger partial charge in [0.25, 0.3) is 5.91 Å². The molecule has 0 saturated carbocycles. The highest BCUT2D eigenvalue weighted by molar-refractivity contribution is 6.31. The Hall–Kier alpha value is -1.85. The molecule has 0 saturated heterocycles. The maximum absolute atomic E-state index is 12.5. The van der Waals surface area contributed by atoms with E-state index in [0.717, 1.165) is 5.56 Å². The molecular weight excluding hydrogens is 377 g/mol. The first-order valence-corrected chi connectivity index (χ1v) is 9.16. The van der Waals surface area contributed by atoms with Crippen molar-refractivity contribution in [3.63, 3.8) is 0 Å². The molecule has 1 amide bonds. The predicted octanol–water partition coefficient (Wildman–Crippen LogP) is 4.13. The van der Waals surface area contributed by atoms with Crippen LogP contribution in [0, 0.1) is 0 Å². The summed E-state index contributed by atoms with van der Waals surface area (Å²) in [4.78, 5) is 12.5. The van der Waals surface area contributed by atoms with E-state index in [2.05, 4.69) is 5.32 Å². The molecule has 1 aromatic rings. The summed E-state index contributed by atoms with van der Waals surface area (Å²) < 4.78 is 16.3. The number of halogens is 2. The Labute approximate surface area is 163 Å². The summed E-state index contributed by atoms with van der Waals surface area (Å²) in [5.74, 6) is 1.63. The van der Waals surface area contributed by atoms with Crippen LogP contribution in [0.2, 0.25) is 0 Å². The van der Waals surface area contributed by atoms with E-state index in [1.807, 2.05) is 13.0 Å². The van der Waals surface area contributed by atoms with Crippen molar-refractivity contribution in [1.82, 2.24) is 5.32 Å². The standard InChI is InChI=1S/C19H23Cl2NO4/c1-4-16(26-18-7-5-13(20)10-15(18)21)19(23)22-11-12-9-14(24-2)6-8-17(12)25-3/h5-9,13,16H,4,10-11H2,1-3H3,(H,22,23). The molecule has 2 atom stereocenters. The van der Waals surface area contributed by atoms with E-state index in [1.54, 1.807) is 38.5 Å². The molecule has 1 aromatic carbocycles. The number of allylic oxidation sites excluding steroid dienone is 3. The van der Waals surface area contributed by atoms with E-state index < -0.39 is 6.10 Å². The molecule has 0 heterocycles. The number of alkyl halides is 1. The molecule has 26 heavy (non-hydrogen) atoms. The Balaban J connectivity index is 2.02. The van der Waals surface area contributed by atoms with Gasteiger partial charge in [-0.15, -0.1) is 11.6 Å². The minimum atomic E-state index is -0.646. The second-order valence-corrected chi connectivity index (χ2v) is 6.78. The van der Waals surface area contributed by atoms with Crippen molar-refractivity contribution in [3.8, 4) is 11.5 Å². The van der Waals surface area contributed by atoms with Gasteiger partial charge < -0.3 is 19.5 Å². The van der Waals surface area contributed by atoms with Crippen molar-refractivity contribution in [2.45, 2.75) is 37.8 Å². The summed E-state index contributed by atoms with van der Waals surface area (Å²) in [7, 11) is 3.17. The number of benzene rings is 1. The van der Waals surface area contributed by atoms with E-state index in [4.69, 9.17) is 37.4 Å². The van der Waals surface area contributed by atoms with Gasteiger partial charge in [0.1, 0.15) is 17.3 Å². The van der Waals surface area contributed by atoms with Crippen molar-refractivity contribution >= 4 is 29.1 Å². The lowest BCUT2D eigenvalue weighted by Crippen LogP contribution is -2.35. The van der Waals surface area contributed by atoms with Gasteiger partial charge in [-0.2, -0.15) is 0 Å². The summed E-state index contributed by atoms with van der Waals surface area (Å²) >= 11 is 12.2. The highest BCUT2D eigenvalue weighted by atomic mass is 35.5. The van der Waals surface area contributed by atoms with Gasteiger partial charge in [-0.1, -0.05) is 24.6 Å². The fraction of sp³-hybridized carbons (Fsp3) is 0.421. The van der Waals surface area contributed by atoms with E-state index in [1.165, 1.54) is 0 Å². The van der Waals surface area contributed by atoms with Crippen molar-refractivity contribution in [2.24, 2.45) is 0 Å². The third-order valence-corrected chi connectivity index (χ3v) is 4.61. The Morgan fingerprint density at radius 3 is 2.73 bits per heavy atom. The maximum Gasteiger partial charge on any atom is 0.261 e. The lowest BCUT2D eigenvalue weighted by atomic mass is 10.1. The molecule has 0 fully saturated rings. The molecule has 0 spiro atoms. The van der Waals surface area contributed by atoms with E-state index >= 15 is 0 Å². The highest BCUT2D eigenvalue weighted by Gasteiger charge is 2.22. The zero-order valence-electron chi connectivity index (χ0n) is 15.1. The fourth-order valence-electron chi connectivity index (χ4n) is 2.52. The minimum Gasteiger partial charge on any atom is -0.497 e. The molecule has 7 heteroatoms. The topological polar surface area (TPSA) is 56.8 Å². The number of ether oxygens (including phenoxy) is 3. The summed E-state index contributed by atoms with van der Waals surface area (Å²) in [6.45, 7) is 2.17. The van der Waals surface area contributed by atoms with Crippen molar-refractivity contribution in [2.75, 3.05) is 14.2 Å². The van der Waals surface area contributed by atoms with Gasteiger partial charge in [0.2, 0.25) is 0 Å². The summed E-state index contributed by atoms with van der Waals surface area (Å²) in [6.07, 6.45) is 3.87. The predicted molar refractivity (Wildman–Crippen MR) is 103 cm³/mol. The van der Waals surface area contributed by atoms with E-state index in [0.29, 0.717) is 41.7 Å². The average Bonchev–Trinajstić information content (AvgIpc) is 2.65. The lowest BCUT2D eigenvalue weighted by Gasteiger charge is -2.21. The molecule has 5 nitrogen and oxygen atoms in total. The molecule has 1 aliphatic carbocycles. The van der Waals surface area contributed by atoms with Crippen LogP contribution in [0.15, 0.2) is 41.1 Å². The van der Waals surface area contributed by atoms with Gasteiger partial charge >= 0.3 is 0 Å². The van der Waals surface area contributed by atoms with Crippen LogP contribution < -0.4 is 14.8 Å². The number of methoxy groups -OCH3 is 2. The first-order valence-electron chi connectivity index (χ1n) is 8.34. The second kappa shape index (κ2) is 9.74. The molecule has 1 N–H and O–H groups in total. The molecule has 0 bridgehead atoms.